The van der Waals surface area contributed by atoms with Gasteiger partial charge in [-0.25, -0.2) is 4.98 Å². The van der Waals surface area contributed by atoms with E-state index < -0.39 is 0 Å². The Morgan fingerprint density at radius 1 is 1.31 bits per heavy atom. The van der Waals surface area contributed by atoms with E-state index in [1.165, 1.54) is 11.8 Å². The van der Waals surface area contributed by atoms with Gasteiger partial charge in [0.2, 0.25) is 0 Å². The molecule has 3 saturated heterocycles. The van der Waals surface area contributed by atoms with Crippen LogP contribution >= 0.6 is 0 Å². The SMILES string of the molecule is CC1COCCN1c1cc([C@@H]2CC3CC[C@@H](C2)O3)c(C=N)c(Nc2cc[nH]n2)n1. The minimum atomic E-state index is 0.263. The molecule has 5 rings (SSSR count). The number of aromatic nitrogens is 3. The molecule has 3 fully saturated rings. The Labute approximate surface area is 170 Å². The molecule has 4 atom stereocenters. The summed E-state index contributed by atoms with van der Waals surface area (Å²) in [6, 6.07) is 4.33. The van der Waals surface area contributed by atoms with Crippen LogP contribution in [0, 0.1) is 5.41 Å². The van der Waals surface area contributed by atoms with Crippen LogP contribution in [-0.4, -0.2) is 59.4 Å². The van der Waals surface area contributed by atoms with Crippen LogP contribution in [0.1, 0.15) is 49.7 Å². The Hall–Kier alpha value is -2.45. The van der Waals surface area contributed by atoms with Crippen molar-refractivity contribution in [2.45, 2.75) is 56.8 Å². The van der Waals surface area contributed by atoms with E-state index in [1.807, 2.05) is 6.07 Å². The minimum Gasteiger partial charge on any atom is -0.377 e. The molecule has 2 aromatic heterocycles. The van der Waals surface area contributed by atoms with Gasteiger partial charge in [-0.2, -0.15) is 5.10 Å². The molecule has 29 heavy (non-hydrogen) atoms. The largest absolute Gasteiger partial charge is 0.377 e. The van der Waals surface area contributed by atoms with Crippen LogP contribution in [0.4, 0.5) is 17.5 Å². The number of anilines is 3. The molecule has 3 aliphatic heterocycles. The number of hydrogen-bond acceptors (Lipinski definition) is 7. The van der Waals surface area contributed by atoms with Gasteiger partial charge in [0, 0.05) is 30.6 Å². The van der Waals surface area contributed by atoms with Gasteiger partial charge in [0.25, 0.3) is 0 Å². The first kappa shape index (κ1) is 18.6. The Kier molecular flexibility index (Phi) is 4.97. The number of pyridine rings is 1. The quantitative estimate of drug-likeness (QED) is 0.671. The van der Waals surface area contributed by atoms with Crippen molar-refractivity contribution in [1.82, 2.24) is 15.2 Å². The van der Waals surface area contributed by atoms with Crippen molar-refractivity contribution in [1.29, 1.82) is 5.41 Å². The van der Waals surface area contributed by atoms with Gasteiger partial charge in [-0.15, -0.1) is 0 Å². The molecule has 2 unspecified atom stereocenters. The summed E-state index contributed by atoms with van der Waals surface area (Å²) < 4.78 is 11.7. The van der Waals surface area contributed by atoms with Crippen molar-refractivity contribution >= 4 is 23.7 Å². The number of fused-ring (bicyclic) bond motifs is 2. The van der Waals surface area contributed by atoms with Crippen LogP contribution in [0.3, 0.4) is 0 Å². The van der Waals surface area contributed by atoms with Gasteiger partial charge in [0.05, 0.1) is 31.5 Å². The van der Waals surface area contributed by atoms with E-state index in [4.69, 9.17) is 19.9 Å². The summed E-state index contributed by atoms with van der Waals surface area (Å²) in [5.41, 5.74) is 2.05. The number of nitrogens with one attached hydrogen (secondary N) is 3. The van der Waals surface area contributed by atoms with E-state index in [-0.39, 0.29) is 6.04 Å². The molecule has 3 aliphatic rings. The molecule has 0 amide bonds. The zero-order valence-corrected chi connectivity index (χ0v) is 16.7. The lowest BCUT2D eigenvalue weighted by atomic mass is 9.86. The summed E-state index contributed by atoms with van der Waals surface area (Å²) in [6.45, 7) is 4.39. The summed E-state index contributed by atoms with van der Waals surface area (Å²) in [5.74, 6) is 2.72. The predicted octanol–water partition coefficient (Wildman–Crippen LogP) is 3.20. The third kappa shape index (κ3) is 3.62. The fraction of sp³-hybridized carbons (Fsp3) is 0.571. The molecule has 0 spiro atoms. The van der Waals surface area contributed by atoms with Gasteiger partial charge in [-0.3, -0.25) is 5.10 Å². The van der Waals surface area contributed by atoms with Gasteiger partial charge in [-0.05, 0) is 50.2 Å². The molecule has 0 aliphatic carbocycles. The smallest absolute Gasteiger partial charge is 0.153 e. The second-order valence-electron chi connectivity index (χ2n) is 8.30. The Morgan fingerprint density at radius 3 is 2.83 bits per heavy atom. The molecule has 154 valence electrons. The number of aromatic amines is 1. The highest BCUT2D eigenvalue weighted by Crippen LogP contribution is 2.43. The molecule has 2 bridgehead atoms. The molecule has 0 saturated carbocycles. The molecular formula is C21H28N6O2. The summed E-state index contributed by atoms with van der Waals surface area (Å²) in [4.78, 5) is 7.23. The Bertz CT molecular complexity index is 858. The van der Waals surface area contributed by atoms with Crippen molar-refractivity contribution in [2.75, 3.05) is 30.0 Å². The molecule has 5 heterocycles. The Balaban J connectivity index is 1.57. The van der Waals surface area contributed by atoms with E-state index in [2.05, 4.69) is 33.4 Å². The molecular weight excluding hydrogens is 368 g/mol. The van der Waals surface area contributed by atoms with Crippen molar-refractivity contribution in [3.8, 4) is 0 Å². The highest BCUT2D eigenvalue weighted by Gasteiger charge is 2.37. The van der Waals surface area contributed by atoms with Gasteiger partial charge in [0.1, 0.15) is 11.6 Å². The molecule has 0 radical (unpaired) electrons. The molecule has 0 aromatic carbocycles. The predicted molar refractivity (Wildman–Crippen MR) is 111 cm³/mol. The lowest BCUT2D eigenvalue weighted by molar-refractivity contribution is -0.00381. The summed E-state index contributed by atoms with van der Waals surface area (Å²) in [5, 5.41) is 18.5. The van der Waals surface area contributed by atoms with Crippen molar-refractivity contribution in [3.05, 3.63) is 29.5 Å². The maximum Gasteiger partial charge on any atom is 0.153 e. The lowest BCUT2D eigenvalue weighted by Crippen LogP contribution is -2.44. The van der Waals surface area contributed by atoms with E-state index in [0.29, 0.717) is 43.0 Å². The molecule has 8 heteroatoms. The second kappa shape index (κ2) is 7.76. The molecule has 3 N–H and O–H groups in total. The molecule has 2 aromatic rings. The van der Waals surface area contributed by atoms with E-state index in [9.17, 15) is 0 Å². The van der Waals surface area contributed by atoms with Crippen LogP contribution in [-0.2, 0) is 9.47 Å². The van der Waals surface area contributed by atoms with Gasteiger partial charge >= 0.3 is 0 Å². The second-order valence-corrected chi connectivity index (χ2v) is 8.30. The fourth-order valence-electron chi connectivity index (χ4n) is 4.92. The molecule has 8 nitrogen and oxygen atoms in total. The lowest BCUT2D eigenvalue weighted by Gasteiger charge is -2.36. The summed E-state index contributed by atoms with van der Waals surface area (Å²) in [6.07, 6.45) is 8.23. The number of morpholine rings is 1. The average Bonchev–Trinajstić information content (AvgIpc) is 3.36. The number of nitrogens with zero attached hydrogens (tertiary/aromatic N) is 3. The number of ether oxygens (including phenoxy) is 2. The van der Waals surface area contributed by atoms with Gasteiger partial charge < -0.3 is 25.1 Å². The Morgan fingerprint density at radius 2 is 2.14 bits per heavy atom. The maximum absolute atomic E-state index is 8.15. The zero-order chi connectivity index (χ0) is 19.8. The number of hydrogen-bond donors (Lipinski definition) is 3. The van der Waals surface area contributed by atoms with Gasteiger partial charge in [0.15, 0.2) is 5.82 Å². The van der Waals surface area contributed by atoms with Gasteiger partial charge in [-0.1, -0.05) is 0 Å². The zero-order valence-electron chi connectivity index (χ0n) is 16.7. The monoisotopic (exact) mass is 396 g/mol. The number of H-pyrrole nitrogens is 1. The van der Waals surface area contributed by atoms with E-state index in [1.54, 1.807) is 6.20 Å². The van der Waals surface area contributed by atoms with Crippen molar-refractivity contribution in [2.24, 2.45) is 0 Å². The first-order valence-electron chi connectivity index (χ1n) is 10.5. The maximum atomic E-state index is 8.15. The average molecular weight is 396 g/mol. The van der Waals surface area contributed by atoms with Crippen LogP contribution < -0.4 is 10.2 Å². The van der Waals surface area contributed by atoms with Crippen LogP contribution in [0.2, 0.25) is 0 Å². The standard InChI is InChI=1S/C21H28N6O2/c1-13-12-28-7-6-27(13)20-10-17(14-8-15-2-3-16(9-14)29-15)18(11-22)21(25-20)24-19-4-5-23-26-19/h4-5,10-11,13-16,22H,2-3,6-9,12H2,1H3,(H2,23,24,25,26)/t13?,14-,15-,16?/m0/s1. The summed E-state index contributed by atoms with van der Waals surface area (Å²) >= 11 is 0. The van der Waals surface area contributed by atoms with Crippen LogP contribution in [0.5, 0.6) is 0 Å². The highest BCUT2D eigenvalue weighted by molar-refractivity contribution is 5.89. The van der Waals surface area contributed by atoms with E-state index in [0.717, 1.165) is 43.6 Å². The first-order valence-corrected chi connectivity index (χ1v) is 10.5. The van der Waals surface area contributed by atoms with Crippen LogP contribution in [0.15, 0.2) is 18.3 Å². The van der Waals surface area contributed by atoms with E-state index >= 15 is 0 Å². The van der Waals surface area contributed by atoms with Crippen LogP contribution in [0.25, 0.3) is 0 Å². The van der Waals surface area contributed by atoms with Crippen molar-refractivity contribution < 1.29 is 9.47 Å². The summed E-state index contributed by atoms with van der Waals surface area (Å²) in [7, 11) is 0. The third-order valence-corrected chi connectivity index (χ3v) is 6.36. The normalized spacial score (nSPS) is 29.1. The topological polar surface area (TPSA) is 99.2 Å². The minimum absolute atomic E-state index is 0.263. The fourth-order valence-corrected chi connectivity index (χ4v) is 4.92. The highest BCUT2D eigenvalue weighted by atomic mass is 16.5. The first-order chi connectivity index (χ1) is 14.2. The van der Waals surface area contributed by atoms with Crippen molar-refractivity contribution in [3.63, 3.8) is 0 Å². The third-order valence-electron chi connectivity index (χ3n) is 6.36. The number of rotatable bonds is 5.